The molecule has 51 heavy (non-hydrogen) atoms. The Morgan fingerprint density at radius 1 is 0.471 bits per heavy atom. The highest BCUT2D eigenvalue weighted by atomic mass is 35.6. The molecule has 0 N–H and O–H groups in total. The van der Waals surface area contributed by atoms with Crippen LogP contribution < -0.4 is 4.90 Å². The molecule has 0 saturated heterocycles. The van der Waals surface area contributed by atoms with Crippen LogP contribution >= 0.6 is 34.8 Å². The number of sulfone groups is 1. The predicted octanol–water partition coefficient (Wildman–Crippen LogP) is 12.3. The van der Waals surface area contributed by atoms with E-state index in [1.165, 1.54) is 33.4 Å². The van der Waals surface area contributed by atoms with Crippen LogP contribution in [0.25, 0.3) is 33.4 Å². The van der Waals surface area contributed by atoms with Crippen LogP contribution in [0.5, 0.6) is 0 Å². The molecule has 1 spiro atoms. The molecule has 0 bridgehead atoms. The molecule has 0 unspecified atom stereocenters. The molecule has 3 nitrogen and oxygen atoms in total. The minimum atomic E-state index is -3.56. The number of nitrogens with zero attached hydrogens (tertiary/aromatic N) is 1. The molecule has 10 rings (SSSR count). The second-order valence-electron chi connectivity index (χ2n) is 12.7. The van der Waals surface area contributed by atoms with Gasteiger partial charge in [-0.2, -0.15) is 0 Å². The lowest BCUT2D eigenvalue weighted by Crippen LogP contribution is -2.36. The molecule has 0 saturated carbocycles. The minimum Gasteiger partial charge on any atom is -0.310 e. The van der Waals surface area contributed by atoms with Gasteiger partial charge in [0.25, 0.3) is 0 Å². The molecule has 3 aliphatic rings. The van der Waals surface area contributed by atoms with Gasteiger partial charge in [0, 0.05) is 16.8 Å². The number of anilines is 3. The molecule has 2 aliphatic heterocycles. The van der Waals surface area contributed by atoms with Crippen molar-refractivity contribution in [2.24, 2.45) is 0 Å². The van der Waals surface area contributed by atoms with Crippen LogP contribution in [-0.4, -0.2) is 12.7 Å². The maximum atomic E-state index is 13.5. The van der Waals surface area contributed by atoms with Crippen LogP contribution in [0, 0.1) is 0 Å². The molecule has 2 heterocycles. The van der Waals surface area contributed by atoms with Crippen LogP contribution in [-0.2, 0) is 15.3 Å². The quantitative estimate of drug-likeness (QED) is 0.166. The molecular weight excluding hydrogens is 713 g/mol. The third-order valence-electron chi connectivity index (χ3n) is 10.2. The van der Waals surface area contributed by atoms with E-state index in [4.69, 9.17) is 34.8 Å². The Morgan fingerprint density at radius 2 is 0.980 bits per heavy atom. The molecule has 7 aromatic carbocycles. The normalized spacial score (nSPS) is 14.8. The van der Waals surface area contributed by atoms with E-state index < -0.39 is 19.5 Å². The van der Waals surface area contributed by atoms with E-state index in [-0.39, 0.29) is 0 Å². The standard InChI is InChI=1S/C43H27NO2S.CHCl3/c45-47(46)40-24-11-5-16-32(40)34-27-28(25-26-41(34)47)30-17-12-18-33-31-15-4-6-19-35(31)43(42(30)33)36-20-7-9-22-38(36)44(29-13-2-1-3-14-29)39-23-10-8-21-37(39)43;2-1(3)4/h1-27H;1H. The zero-order chi connectivity index (χ0) is 34.9. The van der Waals surface area contributed by atoms with E-state index in [2.05, 4.69) is 132 Å². The van der Waals surface area contributed by atoms with E-state index >= 15 is 0 Å². The molecule has 0 radical (unpaired) electrons. The number of alkyl halides is 3. The first-order valence-electron chi connectivity index (χ1n) is 16.5. The molecular formula is C44H28Cl3NO2S. The van der Waals surface area contributed by atoms with Gasteiger partial charge in [0.15, 0.2) is 4.30 Å². The third kappa shape index (κ3) is 4.67. The zero-order valence-electron chi connectivity index (χ0n) is 27.0. The Labute approximate surface area is 312 Å². The summed E-state index contributed by atoms with van der Waals surface area (Å²) in [6, 6.07) is 56.8. The third-order valence-corrected chi connectivity index (χ3v) is 12.1. The van der Waals surface area contributed by atoms with Gasteiger partial charge in [-0.3, -0.25) is 0 Å². The van der Waals surface area contributed by atoms with E-state index in [0.29, 0.717) is 9.79 Å². The molecule has 248 valence electrons. The number of rotatable bonds is 2. The first kappa shape index (κ1) is 32.1. The first-order valence-corrected chi connectivity index (χ1v) is 19.3. The van der Waals surface area contributed by atoms with Gasteiger partial charge in [0.2, 0.25) is 9.84 Å². The number of halogens is 3. The Balaban J connectivity index is 0.000000830. The summed E-state index contributed by atoms with van der Waals surface area (Å²) in [6.07, 6.45) is 0. The topological polar surface area (TPSA) is 37.4 Å². The van der Waals surface area contributed by atoms with Crippen molar-refractivity contribution in [3.63, 3.8) is 0 Å². The molecule has 1 aliphatic carbocycles. The Bertz CT molecular complexity index is 2570. The maximum Gasteiger partial charge on any atom is 0.207 e. The summed E-state index contributed by atoms with van der Waals surface area (Å²) >= 11 is 14.4. The molecule has 0 fully saturated rings. The second-order valence-corrected chi connectivity index (χ2v) is 16.6. The molecule has 7 aromatic rings. The first-order chi connectivity index (χ1) is 24.8. The fourth-order valence-corrected chi connectivity index (χ4v) is 10.1. The van der Waals surface area contributed by atoms with Crippen molar-refractivity contribution < 1.29 is 8.42 Å². The van der Waals surface area contributed by atoms with Crippen molar-refractivity contribution in [2.45, 2.75) is 19.5 Å². The van der Waals surface area contributed by atoms with Crippen molar-refractivity contribution in [1.82, 2.24) is 0 Å². The fourth-order valence-electron chi connectivity index (χ4n) is 8.45. The molecule has 0 amide bonds. The smallest absolute Gasteiger partial charge is 0.207 e. The van der Waals surface area contributed by atoms with Gasteiger partial charge in [-0.05, 0) is 87.0 Å². The number of benzene rings is 7. The van der Waals surface area contributed by atoms with Gasteiger partial charge in [0.05, 0.1) is 26.6 Å². The summed E-state index contributed by atoms with van der Waals surface area (Å²) in [6.45, 7) is 0. The lowest BCUT2D eigenvalue weighted by molar-refractivity contribution is 0.598. The van der Waals surface area contributed by atoms with Gasteiger partial charge >= 0.3 is 0 Å². The van der Waals surface area contributed by atoms with E-state index in [0.717, 1.165) is 39.3 Å². The second kappa shape index (κ2) is 12.1. The van der Waals surface area contributed by atoms with Gasteiger partial charge in [0.1, 0.15) is 0 Å². The van der Waals surface area contributed by atoms with E-state index in [1.807, 2.05) is 18.2 Å². The van der Waals surface area contributed by atoms with Gasteiger partial charge in [-0.25, -0.2) is 8.42 Å². The van der Waals surface area contributed by atoms with Crippen LogP contribution in [0.1, 0.15) is 22.3 Å². The fraction of sp³-hybridized carbons (Fsp3) is 0.0455. The number of hydrogen-bond acceptors (Lipinski definition) is 3. The van der Waals surface area contributed by atoms with Crippen molar-refractivity contribution in [3.8, 4) is 33.4 Å². The summed E-state index contributed by atoms with van der Waals surface area (Å²) in [5.74, 6) is 0. The van der Waals surface area contributed by atoms with Crippen LogP contribution in [0.3, 0.4) is 0 Å². The van der Waals surface area contributed by atoms with Crippen LogP contribution in [0.15, 0.2) is 174 Å². The highest BCUT2D eigenvalue weighted by Gasteiger charge is 2.52. The maximum absolute atomic E-state index is 13.5. The largest absolute Gasteiger partial charge is 0.310 e. The molecule has 7 heteroatoms. The van der Waals surface area contributed by atoms with E-state index in [1.54, 1.807) is 18.2 Å². The predicted molar refractivity (Wildman–Crippen MR) is 210 cm³/mol. The lowest BCUT2D eigenvalue weighted by Gasteiger charge is -2.45. The van der Waals surface area contributed by atoms with Crippen molar-refractivity contribution >= 4 is 61.7 Å². The van der Waals surface area contributed by atoms with Gasteiger partial charge in [-0.1, -0.05) is 156 Å². The van der Waals surface area contributed by atoms with Crippen LogP contribution in [0.2, 0.25) is 0 Å². The summed E-state index contributed by atoms with van der Waals surface area (Å²) in [4.78, 5) is 3.14. The molecule has 0 aromatic heterocycles. The summed E-state index contributed by atoms with van der Waals surface area (Å²) in [7, 11) is -3.56. The Hall–Kier alpha value is -4.84. The zero-order valence-corrected chi connectivity index (χ0v) is 30.1. The monoisotopic (exact) mass is 739 g/mol. The number of hydrogen-bond donors (Lipinski definition) is 0. The van der Waals surface area contributed by atoms with Gasteiger partial charge < -0.3 is 4.90 Å². The SMILES string of the molecule is ClC(Cl)Cl.O=S1(=O)c2ccccc2-c2cc(-c3cccc4c3C3(c5ccccc5-4)c4ccccc4N(c4ccccc4)c4ccccc43)ccc21. The van der Waals surface area contributed by atoms with Crippen molar-refractivity contribution in [3.05, 3.63) is 186 Å². The Kier molecular flexibility index (Phi) is 7.64. The van der Waals surface area contributed by atoms with Crippen molar-refractivity contribution in [1.29, 1.82) is 0 Å². The lowest BCUT2D eigenvalue weighted by atomic mass is 9.63. The molecule has 0 atom stereocenters. The minimum absolute atomic E-state index is 0.375. The summed E-state index contributed by atoms with van der Waals surface area (Å²) in [5, 5.41) is 0. The van der Waals surface area contributed by atoms with Crippen LogP contribution in [0.4, 0.5) is 17.1 Å². The van der Waals surface area contributed by atoms with Gasteiger partial charge in [-0.15, -0.1) is 0 Å². The summed E-state index contributed by atoms with van der Waals surface area (Å²) in [5.41, 5.74) is 13.7. The highest BCUT2D eigenvalue weighted by molar-refractivity contribution is 7.92. The summed E-state index contributed by atoms with van der Waals surface area (Å²) < 4.78 is 26.3. The number of para-hydroxylation sites is 3. The number of fused-ring (bicyclic) bond motifs is 12. The Morgan fingerprint density at radius 3 is 1.67 bits per heavy atom. The van der Waals surface area contributed by atoms with E-state index in [9.17, 15) is 8.42 Å². The van der Waals surface area contributed by atoms with Crippen molar-refractivity contribution in [2.75, 3.05) is 4.90 Å². The average Bonchev–Trinajstić information content (AvgIpc) is 3.58. The average molecular weight is 741 g/mol. The highest BCUT2D eigenvalue weighted by Crippen LogP contribution is 2.65.